The van der Waals surface area contributed by atoms with Crippen molar-refractivity contribution in [1.29, 1.82) is 0 Å². The molecule has 1 atom stereocenters. The van der Waals surface area contributed by atoms with Crippen molar-refractivity contribution in [2.45, 2.75) is 25.4 Å². The van der Waals surface area contributed by atoms with E-state index in [4.69, 9.17) is 10.2 Å². The lowest BCUT2D eigenvalue weighted by molar-refractivity contribution is -0.182. The zero-order valence-corrected chi connectivity index (χ0v) is 9.18. The Kier molecular flexibility index (Phi) is 4.55. The molecule has 17 heavy (non-hydrogen) atoms. The van der Waals surface area contributed by atoms with Gasteiger partial charge in [0.1, 0.15) is 13.3 Å². The van der Waals surface area contributed by atoms with E-state index in [1.54, 1.807) is 13.0 Å². The molecule has 0 saturated heterocycles. The highest BCUT2D eigenvalue weighted by Crippen LogP contribution is 2.18. The van der Waals surface area contributed by atoms with Crippen LogP contribution in [0, 0.1) is 0 Å². The Hall–Kier alpha value is -1.05. The van der Waals surface area contributed by atoms with E-state index in [9.17, 15) is 13.2 Å². The molecule has 1 rings (SSSR count). The van der Waals surface area contributed by atoms with Crippen LogP contribution in [-0.4, -0.2) is 47.0 Å². The third-order valence-corrected chi connectivity index (χ3v) is 2.21. The fourth-order valence-corrected chi connectivity index (χ4v) is 1.29. The predicted octanol–water partition coefficient (Wildman–Crippen LogP) is 0.978. The van der Waals surface area contributed by atoms with Gasteiger partial charge in [0, 0.05) is 17.8 Å². The van der Waals surface area contributed by atoms with Crippen molar-refractivity contribution in [3.63, 3.8) is 0 Å². The SMILES string of the molecule is CC1C=CC(C(O)O)=CN1COCC(F)(F)F. The maximum atomic E-state index is 11.9. The summed E-state index contributed by atoms with van der Waals surface area (Å²) < 4.78 is 40.1. The number of rotatable bonds is 4. The largest absolute Gasteiger partial charge is 0.411 e. The second-order valence-electron chi connectivity index (χ2n) is 3.71. The summed E-state index contributed by atoms with van der Waals surface area (Å²) in [5.41, 5.74) is 0.207. The van der Waals surface area contributed by atoms with Crippen LogP contribution in [0.3, 0.4) is 0 Å². The molecule has 98 valence electrons. The standard InChI is InChI=1S/C10H14F3NO3/c1-7-2-3-8(9(15)16)4-14(7)6-17-5-10(11,12)13/h2-4,7,9,15-16H,5-6H2,1H3. The smallest absolute Gasteiger partial charge is 0.364 e. The van der Waals surface area contributed by atoms with Crippen molar-refractivity contribution in [3.8, 4) is 0 Å². The third kappa shape index (κ3) is 4.76. The molecule has 1 unspecified atom stereocenters. The lowest BCUT2D eigenvalue weighted by atomic mass is 10.1. The first-order chi connectivity index (χ1) is 7.79. The molecule has 0 spiro atoms. The van der Waals surface area contributed by atoms with E-state index < -0.39 is 19.1 Å². The van der Waals surface area contributed by atoms with E-state index in [0.29, 0.717) is 0 Å². The molecule has 0 aliphatic carbocycles. The van der Waals surface area contributed by atoms with Crippen LogP contribution in [0.15, 0.2) is 23.9 Å². The molecule has 2 N–H and O–H groups in total. The number of aliphatic hydroxyl groups excluding tert-OH is 1. The van der Waals surface area contributed by atoms with Crippen LogP contribution in [0.1, 0.15) is 6.92 Å². The van der Waals surface area contributed by atoms with Crippen LogP contribution in [0.2, 0.25) is 0 Å². The second kappa shape index (κ2) is 5.52. The highest BCUT2D eigenvalue weighted by Gasteiger charge is 2.28. The number of halogens is 3. The van der Waals surface area contributed by atoms with Crippen molar-refractivity contribution in [2.24, 2.45) is 0 Å². The molecule has 1 aliphatic rings. The van der Waals surface area contributed by atoms with Gasteiger partial charge in [0.2, 0.25) is 0 Å². The number of hydrogen-bond acceptors (Lipinski definition) is 4. The van der Waals surface area contributed by atoms with Gasteiger partial charge in [-0.25, -0.2) is 0 Å². The quantitative estimate of drug-likeness (QED) is 0.733. The maximum absolute atomic E-state index is 11.9. The highest BCUT2D eigenvalue weighted by atomic mass is 19.4. The average molecular weight is 253 g/mol. The van der Waals surface area contributed by atoms with E-state index in [2.05, 4.69) is 4.74 Å². The normalized spacial score (nSPS) is 21.0. The molecule has 0 radical (unpaired) electrons. The van der Waals surface area contributed by atoms with Crippen molar-refractivity contribution >= 4 is 0 Å². The number of hydrogen-bond donors (Lipinski definition) is 2. The van der Waals surface area contributed by atoms with Gasteiger partial charge < -0.3 is 19.8 Å². The van der Waals surface area contributed by atoms with Gasteiger partial charge in [-0.2, -0.15) is 13.2 Å². The summed E-state index contributed by atoms with van der Waals surface area (Å²) >= 11 is 0. The summed E-state index contributed by atoms with van der Waals surface area (Å²) in [6.45, 7) is 0.163. The van der Waals surface area contributed by atoms with Crippen LogP contribution in [0.4, 0.5) is 13.2 Å². The van der Waals surface area contributed by atoms with Gasteiger partial charge in [0.05, 0.1) is 0 Å². The van der Waals surface area contributed by atoms with Crippen LogP contribution in [0.5, 0.6) is 0 Å². The Bertz CT molecular complexity index is 312. The molecule has 0 aromatic carbocycles. The Labute approximate surface area is 96.6 Å². The van der Waals surface area contributed by atoms with E-state index in [-0.39, 0.29) is 18.3 Å². The minimum atomic E-state index is -4.36. The van der Waals surface area contributed by atoms with Gasteiger partial charge in [-0.3, -0.25) is 0 Å². The molecule has 0 fully saturated rings. The van der Waals surface area contributed by atoms with Gasteiger partial charge in [-0.05, 0) is 6.92 Å². The minimum Gasteiger partial charge on any atom is -0.364 e. The van der Waals surface area contributed by atoms with Crippen molar-refractivity contribution in [1.82, 2.24) is 4.90 Å². The van der Waals surface area contributed by atoms with Gasteiger partial charge in [0.15, 0.2) is 6.29 Å². The van der Waals surface area contributed by atoms with Gasteiger partial charge in [-0.15, -0.1) is 0 Å². The molecular formula is C10H14F3NO3. The zero-order valence-electron chi connectivity index (χ0n) is 9.18. The lowest BCUT2D eigenvalue weighted by Crippen LogP contribution is -2.34. The lowest BCUT2D eigenvalue weighted by Gasteiger charge is -2.29. The molecule has 0 saturated carbocycles. The summed E-state index contributed by atoms with van der Waals surface area (Å²) in [5, 5.41) is 17.8. The van der Waals surface area contributed by atoms with Gasteiger partial charge in [0.25, 0.3) is 0 Å². The zero-order chi connectivity index (χ0) is 13.1. The van der Waals surface area contributed by atoms with E-state index in [1.165, 1.54) is 17.2 Å². The maximum Gasteiger partial charge on any atom is 0.411 e. The molecule has 7 heteroatoms. The van der Waals surface area contributed by atoms with E-state index in [0.717, 1.165) is 0 Å². The summed E-state index contributed by atoms with van der Waals surface area (Å²) in [6, 6.07) is -0.161. The van der Waals surface area contributed by atoms with Crippen molar-refractivity contribution in [3.05, 3.63) is 23.9 Å². The summed E-state index contributed by atoms with van der Waals surface area (Å²) in [6.07, 6.45) is -1.49. The average Bonchev–Trinajstić information content (AvgIpc) is 2.18. The summed E-state index contributed by atoms with van der Waals surface area (Å²) in [7, 11) is 0. The first-order valence-electron chi connectivity index (χ1n) is 4.96. The van der Waals surface area contributed by atoms with Crippen molar-refractivity contribution < 1.29 is 28.1 Å². The Morgan fingerprint density at radius 3 is 2.65 bits per heavy atom. The Morgan fingerprint density at radius 2 is 2.12 bits per heavy atom. The van der Waals surface area contributed by atoms with Gasteiger partial charge >= 0.3 is 6.18 Å². The highest BCUT2D eigenvalue weighted by molar-refractivity contribution is 5.25. The summed E-state index contributed by atoms with van der Waals surface area (Å²) in [5.74, 6) is 0. The molecular weight excluding hydrogens is 239 g/mol. The Morgan fingerprint density at radius 1 is 1.47 bits per heavy atom. The second-order valence-corrected chi connectivity index (χ2v) is 3.71. The first kappa shape index (κ1) is 14.0. The fraction of sp³-hybridized carbons (Fsp3) is 0.600. The molecule has 4 nitrogen and oxygen atoms in total. The number of ether oxygens (including phenoxy) is 1. The molecule has 1 heterocycles. The fourth-order valence-electron chi connectivity index (χ4n) is 1.29. The van der Waals surface area contributed by atoms with Crippen LogP contribution < -0.4 is 0 Å². The molecule has 0 amide bonds. The predicted molar refractivity (Wildman–Crippen MR) is 53.6 cm³/mol. The molecule has 0 aromatic rings. The molecule has 1 aliphatic heterocycles. The van der Waals surface area contributed by atoms with Crippen LogP contribution in [-0.2, 0) is 4.74 Å². The number of alkyl halides is 3. The topological polar surface area (TPSA) is 52.9 Å². The van der Waals surface area contributed by atoms with Crippen LogP contribution in [0.25, 0.3) is 0 Å². The Balaban J connectivity index is 2.49. The number of nitrogens with zero attached hydrogens (tertiary/aromatic N) is 1. The van der Waals surface area contributed by atoms with Crippen LogP contribution >= 0.6 is 0 Å². The molecule has 0 bridgehead atoms. The van der Waals surface area contributed by atoms with Gasteiger partial charge in [-0.1, -0.05) is 12.2 Å². The third-order valence-electron chi connectivity index (χ3n) is 2.21. The van der Waals surface area contributed by atoms with E-state index >= 15 is 0 Å². The minimum absolute atomic E-state index is 0.161. The van der Waals surface area contributed by atoms with Crippen molar-refractivity contribution in [2.75, 3.05) is 13.3 Å². The first-order valence-corrected chi connectivity index (χ1v) is 4.96. The monoisotopic (exact) mass is 253 g/mol. The number of aliphatic hydroxyl groups is 2. The molecule has 0 aromatic heterocycles. The summed E-state index contributed by atoms with van der Waals surface area (Å²) in [4.78, 5) is 1.44. The van der Waals surface area contributed by atoms with E-state index in [1.807, 2.05) is 0 Å².